The SMILES string of the molecule is CNCC(CC1CCCOC1)c1ccccc1. The summed E-state index contributed by atoms with van der Waals surface area (Å²) in [5, 5.41) is 3.32. The third-order valence-corrected chi connectivity index (χ3v) is 3.59. The van der Waals surface area contributed by atoms with Crippen LogP contribution in [0.4, 0.5) is 0 Å². The number of ether oxygens (including phenoxy) is 1. The predicted molar refractivity (Wildman–Crippen MR) is 71.3 cm³/mol. The van der Waals surface area contributed by atoms with Crippen molar-refractivity contribution in [2.45, 2.75) is 25.2 Å². The molecule has 0 aliphatic carbocycles. The van der Waals surface area contributed by atoms with Gasteiger partial charge in [0.1, 0.15) is 0 Å². The molecule has 1 aromatic rings. The van der Waals surface area contributed by atoms with Crippen LogP contribution in [0, 0.1) is 5.92 Å². The third kappa shape index (κ3) is 3.83. The highest BCUT2D eigenvalue weighted by atomic mass is 16.5. The van der Waals surface area contributed by atoms with Gasteiger partial charge in [-0.2, -0.15) is 0 Å². The number of hydrogen-bond donors (Lipinski definition) is 1. The summed E-state index contributed by atoms with van der Waals surface area (Å²) in [7, 11) is 2.04. The summed E-state index contributed by atoms with van der Waals surface area (Å²) in [6.45, 7) is 2.96. The second kappa shape index (κ2) is 6.77. The van der Waals surface area contributed by atoms with Crippen molar-refractivity contribution < 1.29 is 4.74 Å². The van der Waals surface area contributed by atoms with Crippen LogP contribution in [-0.2, 0) is 4.74 Å². The Morgan fingerprint density at radius 1 is 1.35 bits per heavy atom. The highest BCUT2D eigenvalue weighted by Crippen LogP contribution is 2.27. The van der Waals surface area contributed by atoms with E-state index in [2.05, 4.69) is 35.6 Å². The molecule has 1 aliphatic heterocycles. The second-order valence-corrected chi connectivity index (χ2v) is 4.98. The van der Waals surface area contributed by atoms with Gasteiger partial charge in [-0.3, -0.25) is 0 Å². The number of likely N-dealkylation sites (N-methyl/N-ethyl adjacent to an activating group) is 1. The van der Waals surface area contributed by atoms with Crippen molar-refractivity contribution in [2.75, 3.05) is 26.8 Å². The van der Waals surface area contributed by atoms with Crippen LogP contribution in [0.3, 0.4) is 0 Å². The normalized spacial score (nSPS) is 22.3. The van der Waals surface area contributed by atoms with Gasteiger partial charge in [0.15, 0.2) is 0 Å². The topological polar surface area (TPSA) is 21.3 Å². The molecule has 0 radical (unpaired) electrons. The fourth-order valence-corrected chi connectivity index (χ4v) is 2.70. The molecule has 0 spiro atoms. The molecule has 1 aromatic carbocycles. The zero-order chi connectivity index (χ0) is 11.9. The highest BCUT2D eigenvalue weighted by molar-refractivity contribution is 5.20. The second-order valence-electron chi connectivity index (χ2n) is 4.98. The Kier molecular flexibility index (Phi) is 5.02. The Bertz CT molecular complexity index is 306. The van der Waals surface area contributed by atoms with Crippen LogP contribution in [-0.4, -0.2) is 26.8 Å². The van der Waals surface area contributed by atoms with E-state index in [0.29, 0.717) is 5.92 Å². The van der Waals surface area contributed by atoms with Crippen molar-refractivity contribution in [2.24, 2.45) is 5.92 Å². The Balaban J connectivity index is 1.96. The smallest absolute Gasteiger partial charge is 0.0494 e. The molecule has 1 N–H and O–H groups in total. The molecular weight excluding hydrogens is 210 g/mol. The Morgan fingerprint density at radius 2 is 2.18 bits per heavy atom. The summed E-state index contributed by atoms with van der Waals surface area (Å²) in [6, 6.07) is 10.8. The van der Waals surface area contributed by atoms with Crippen LogP contribution < -0.4 is 5.32 Å². The molecule has 1 aliphatic rings. The van der Waals surface area contributed by atoms with Crippen molar-refractivity contribution in [1.29, 1.82) is 0 Å². The Labute approximate surface area is 104 Å². The van der Waals surface area contributed by atoms with Gasteiger partial charge in [0.05, 0.1) is 0 Å². The Morgan fingerprint density at radius 3 is 2.82 bits per heavy atom. The Hall–Kier alpha value is -0.860. The number of rotatable bonds is 5. The van der Waals surface area contributed by atoms with Crippen LogP contribution in [0.2, 0.25) is 0 Å². The van der Waals surface area contributed by atoms with Gasteiger partial charge in [0.25, 0.3) is 0 Å². The van der Waals surface area contributed by atoms with E-state index in [9.17, 15) is 0 Å². The quantitative estimate of drug-likeness (QED) is 0.844. The molecule has 0 bridgehead atoms. The van der Waals surface area contributed by atoms with Crippen LogP contribution in [0.1, 0.15) is 30.7 Å². The molecular formula is C15H23NO. The maximum Gasteiger partial charge on any atom is 0.0494 e. The van der Waals surface area contributed by atoms with Gasteiger partial charge in [0.2, 0.25) is 0 Å². The van der Waals surface area contributed by atoms with Gasteiger partial charge in [-0.15, -0.1) is 0 Å². The van der Waals surface area contributed by atoms with E-state index in [1.165, 1.54) is 24.8 Å². The van der Waals surface area contributed by atoms with Gasteiger partial charge < -0.3 is 10.1 Å². The lowest BCUT2D eigenvalue weighted by atomic mass is 9.86. The standard InChI is InChI=1S/C15H23NO/c1-16-11-15(14-7-3-2-4-8-14)10-13-6-5-9-17-12-13/h2-4,7-8,13,15-16H,5-6,9-12H2,1H3. The zero-order valence-corrected chi connectivity index (χ0v) is 10.7. The van der Waals surface area contributed by atoms with E-state index >= 15 is 0 Å². The summed E-state index contributed by atoms with van der Waals surface area (Å²) in [5.41, 5.74) is 1.45. The third-order valence-electron chi connectivity index (χ3n) is 3.59. The zero-order valence-electron chi connectivity index (χ0n) is 10.7. The largest absolute Gasteiger partial charge is 0.381 e. The molecule has 1 heterocycles. The first-order valence-corrected chi connectivity index (χ1v) is 6.67. The minimum atomic E-state index is 0.618. The van der Waals surface area contributed by atoms with Crippen LogP contribution >= 0.6 is 0 Å². The summed E-state index contributed by atoms with van der Waals surface area (Å²) < 4.78 is 5.58. The lowest BCUT2D eigenvalue weighted by molar-refractivity contribution is 0.0489. The van der Waals surface area contributed by atoms with Gasteiger partial charge in [-0.05, 0) is 43.7 Å². The van der Waals surface area contributed by atoms with E-state index in [0.717, 1.165) is 25.7 Å². The number of benzene rings is 1. The molecule has 2 heteroatoms. The first kappa shape index (κ1) is 12.6. The van der Waals surface area contributed by atoms with Crippen molar-refractivity contribution in [3.8, 4) is 0 Å². The van der Waals surface area contributed by atoms with Gasteiger partial charge >= 0.3 is 0 Å². The number of nitrogens with one attached hydrogen (secondary N) is 1. The predicted octanol–water partition coefficient (Wildman–Crippen LogP) is 2.81. The summed E-state index contributed by atoms with van der Waals surface area (Å²) in [5.74, 6) is 1.36. The van der Waals surface area contributed by atoms with Crippen molar-refractivity contribution in [3.05, 3.63) is 35.9 Å². The molecule has 0 amide bonds. The molecule has 17 heavy (non-hydrogen) atoms. The van der Waals surface area contributed by atoms with Crippen LogP contribution in [0.15, 0.2) is 30.3 Å². The maximum absolute atomic E-state index is 5.58. The minimum absolute atomic E-state index is 0.618. The molecule has 1 fully saturated rings. The monoisotopic (exact) mass is 233 g/mol. The van der Waals surface area contributed by atoms with E-state index in [4.69, 9.17) is 4.74 Å². The lowest BCUT2D eigenvalue weighted by Crippen LogP contribution is -2.24. The van der Waals surface area contributed by atoms with E-state index in [-0.39, 0.29) is 0 Å². The molecule has 2 rings (SSSR count). The fourth-order valence-electron chi connectivity index (χ4n) is 2.70. The molecule has 0 aromatic heterocycles. The molecule has 0 saturated carbocycles. The first-order chi connectivity index (χ1) is 8.40. The average molecular weight is 233 g/mol. The van der Waals surface area contributed by atoms with E-state index in [1.807, 2.05) is 7.05 Å². The molecule has 94 valence electrons. The highest BCUT2D eigenvalue weighted by Gasteiger charge is 2.20. The van der Waals surface area contributed by atoms with E-state index < -0.39 is 0 Å². The van der Waals surface area contributed by atoms with E-state index in [1.54, 1.807) is 0 Å². The average Bonchev–Trinajstić information content (AvgIpc) is 2.40. The van der Waals surface area contributed by atoms with Gasteiger partial charge in [0, 0.05) is 19.8 Å². The minimum Gasteiger partial charge on any atom is -0.381 e. The first-order valence-electron chi connectivity index (χ1n) is 6.67. The lowest BCUT2D eigenvalue weighted by Gasteiger charge is -2.27. The maximum atomic E-state index is 5.58. The molecule has 1 saturated heterocycles. The van der Waals surface area contributed by atoms with Gasteiger partial charge in [-0.25, -0.2) is 0 Å². The summed E-state index contributed by atoms with van der Waals surface area (Å²) in [6.07, 6.45) is 3.80. The fraction of sp³-hybridized carbons (Fsp3) is 0.600. The van der Waals surface area contributed by atoms with Crippen molar-refractivity contribution in [1.82, 2.24) is 5.32 Å². The van der Waals surface area contributed by atoms with Crippen LogP contribution in [0.25, 0.3) is 0 Å². The van der Waals surface area contributed by atoms with Crippen molar-refractivity contribution in [3.63, 3.8) is 0 Å². The number of hydrogen-bond acceptors (Lipinski definition) is 2. The van der Waals surface area contributed by atoms with Gasteiger partial charge in [-0.1, -0.05) is 30.3 Å². The summed E-state index contributed by atoms with van der Waals surface area (Å²) >= 11 is 0. The van der Waals surface area contributed by atoms with Crippen molar-refractivity contribution >= 4 is 0 Å². The molecule has 2 nitrogen and oxygen atoms in total. The van der Waals surface area contributed by atoms with Crippen LogP contribution in [0.5, 0.6) is 0 Å². The molecule has 2 unspecified atom stereocenters. The molecule has 2 atom stereocenters. The summed E-state index contributed by atoms with van der Waals surface area (Å²) in [4.78, 5) is 0.